The molecule has 1 fully saturated rings. The molecular weight excluding hydrogens is 230 g/mol. The van der Waals surface area contributed by atoms with E-state index < -0.39 is 0 Å². The molecule has 0 aliphatic carbocycles. The van der Waals surface area contributed by atoms with Gasteiger partial charge in [0, 0.05) is 13.0 Å². The fourth-order valence-electron chi connectivity index (χ4n) is 2.20. The highest BCUT2D eigenvalue weighted by molar-refractivity contribution is 5.76. The average molecular weight is 251 g/mol. The number of hydrogen-bond donors (Lipinski definition) is 2. The number of aryl methyl sites for hydroxylation is 1. The molecule has 0 aromatic carbocycles. The molecule has 6 heteroatoms. The highest BCUT2D eigenvalue weighted by Gasteiger charge is 2.16. The molecule has 0 spiro atoms. The van der Waals surface area contributed by atoms with Crippen LogP contribution < -0.4 is 5.32 Å². The Morgan fingerprint density at radius 1 is 1.50 bits per heavy atom. The normalized spacial score (nSPS) is 17.9. The van der Waals surface area contributed by atoms with Crippen molar-refractivity contribution in [1.29, 1.82) is 0 Å². The minimum Gasteiger partial charge on any atom is -0.346 e. The number of aromatic nitrogens is 3. The molecule has 1 amide bonds. The van der Waals surface area contributed by atoms with Gasteiger partial charge in [0.15, 0.2) is 5.82 Å². The van der Waals surface area contributed by atoms with Crippen LogP contribution in [0.25, 0.3) is 0 Å². The molecule has 2 rings (SSSR count). The Morgan fingerprint density at radius 3 is 2.83 bits per heavy atom. The topological polar surface area (TPSA) is 73.9 Å². The summed E-state index contributed by atoms with van der Waals surface area (Å²) >= 11 is 0. The van der Waals surface area contributed by atoms with Crippen molar-refractivity contribution in [3.05, 3.63) is 11.6 Å². The van der Waals surface area contributed by atoms with Gasteiger partial charge in [-0.1, -0.05) is 0 Å². The SMILES string of the molecule is Cc1nc([C@H](C)NC(=O)CCN2CCCC2)n[nH]1. The maximum absolute atomic E-state index is 11.8. The van der Waals surface area contributed by atoms with Crippen LogP contribution >= 0.6 is 0 Å². The molecule has 1 aromatic heterocycles. The van der Waals surface area contributed by atoms with Crippen LogP contribution in [0.5, 0.6) is 0 Å². The summed E-state index contributed by atoms with van der Waals surface area (Å²) in [6.07, 6.45) is 3.07. The van der Waals surface area contributed by atoms with E-state index in [9.17, 15) is 4.79 Å². The second kappa shape index (κ2) is 5.95. The smallest absolute Gasteiger partial charge is 0.221 e. The Hall–Kier alpha value is -1.43. The lowest BCUT2D eigenvalue weighted by Gasteiger charge is -2.15. The van der Waals surface area contributed by atoms with Crippen LogP contribution in [-0.4, -0.2) is 45.6 Å². The number of H-pyrrole nitrogens is 1. The Balaban J connectivity index is 1.73. The highest BCUT2D eigenvalue weighted by atomic mass is 16.1. The molecule has 1 atom stereocenters. The summed E-state index contributed by atoms with van der Waals surface area (Å²) in [7, 11) is 0. The van der Waals surface area contributed by atoms with E-state index >= 15 is 0 Å². The van der Waals surface area contributed by atoms with Gasteiger partial charge in [0.05, 0.1) is 6.04 Å². The lowest BCUT2D eigenvalue weighted by atomic mass is 10.3. The summed E-state index contributed by atoms with van der Waals surface area (Å²) in [6.45, 7) is 6.85. The molecule has 0 bridgehead atoms. The van der Waals surface area contributed by atoms with Gasteiger partial charge in [-0.05, 0) is 39.8 Å². The van der Waals surface area contributed by atoms with Crippen LogP contribution in [-0.2, 0) is 4.79 Å². The molecule has 6 nitrogen and oxygen atoms in total. The first-order valence-corrected chi connectivity index (χ1v) is 6.56. The number of aromatic amines is 1. The Bertz CT molecular complexity index is 397. The van der Waals surface area contributed by atoms with Gasteiger partial charge in [-0.3, -0.25) is 9.89 Å². The molecule has 100 valence electrons. The second-order valence-electron chi connectivity index (χ2n) is 4.87. The molecule has 0 radical (unpaired) electrons. The van der Waals surface area contributed by atoms with Gasteiger partial charge in [-0.15, -0.1) is 0 Å². The number of likely N-dealkylation sites (tertiary alicyclic amines) is 1. The molecule has 1 aromatic rings. The van der Waals surface area contributed by atoms with E-state index in [2.05, 4.69) is 25.4 Å². The zero-order chi connectivity index (χ0) is 13.0. The molecule has 18 heavy (non-hydrogen) atoms. The molecule has 0 unspecified atom stereocenters. The van der Waals surface area contributed by atoms with Crippen molar-refractivity contribution >= 4 is 5.91 Å². The van der Waals surface area contributed by atoms with Crippen molar-refractivity contribution in [2.24, 2.45) is 0 Å². The van der Waals surface area contributed by atoms with E-state index in [0.717, 1.165) is 25.5 Å². The number of amides is 1. The first-order chi connectivity index (χ1) is 8.65. The van der Waals surface area contributed by atoms with Crippen molar-refractivity contribution < 1.29 is 4.79 Å². The standard InChI is InChI=1S/C12H21N5O/c1-9(12-14-10(2)15-16-12)13-11(18)5-8-17-6-3-4-7-17/h9H,3-8H2,1-2H3,(H,13,18)(H,14,15,16)/t9-/m0/s1. The van der Waals surface area contributed by atoms with Gasteiger partial charge < -0.3 is 10.2 Å². The van der Waals surface area contributed by atoms with Crippen molar-refractivity contribution in [1.82, 2.24) is 25.4 Å². The van der Waals surface area contributed by atoms with Crippen LogP contribution in [0.15, 0.2) is 0 Å². The van der Waals surface area contributed by atoms with Gasteiger partial charge >= 0.3 is 0 Å². The largest absolute Gasteiger partial charge is 0.346 e. The van der Waals surface area contributed by atoms with Crippen molar-refractivity contribution in [2.75, 3.05) is 19.6 Å². The summed E-state index contributed by atoms with van der Waals surface area (Å²) in [5.41, 5.74) is 0. The van der Waals surface area contributed by atoms with E-state index in [1.54, 1.807) is 0 Å². The lowest BCUT2D eigenvalue weighted by molar-refractivity contribution is -0.122. The van der Waals surface area contributed by atoms with E-state index in [0.29, 0.717) is 12.2 Å². The Labute approximate surface area is 107 Å². The maximum atomic E-state index is 11.8. The second-order valence-corrected chi connectivity index (χ2v) is 4.87. The van der Waals surface area contributed by atoms with Gasteiger partial charge in [0.2, 0.25) is 5.91 Å². The zero-order valence-electron chi connectivity index (χ0n) is 11.1. The predicted octanol–water partition coefficient (Wildman–Crippen LogP) is 0.776. The summed E-state index contributed by atoms with van der Waals surface area (Å²) in [5.74, 6) is 1.47. The predicted molar refractivity (Wildman–Crippen MR) is 68.0 cm³/mol. The summed E-state index contributed by atoms with van der Waals surface area (Å²) in [5, 5.41) is 9.75. The number of carbonyl (C=O) groups is 1. The van der Waals surface area contributed by atoms with E-state index in [1.807, 2.05) is 13.8 Å². The molecule has 2 heterocycles. The fraction of sp³-hybridized carbons (Fsp3) is 0.750. The number of carbonyl (C=O) groups excluding carboxylic acids is 1. The lowest BCUT2D eigenvalue weighted by Crippen LogP contribution is -2.31. The number of nitrogens with zero attached hydrogens (tertiary/aromatic N) is 3. The van der Waals surface area contributed by atoms with Gasteiger partial charge in [-0.25, -0.2) is 4.98 Å². The van der Waals surface area contributed by atoms with Crippen molar-refractivity contribution in [3.8, 4) is 0 Å². The van der Waals surface area contributed by atoms with E-state index in [1.165, 1.54) is 12.8 Å². The molecule has 2 N–H and O–H groups in total. The highest BCUT2D eigenvalue weighted by Crippen LogP contribution is 2.09. The third-order valence-corrected chi connectivity index (χ3v) is 3.23. The Kier molecular flexibility index (Phi) is 4.30. The third kappa shape index (κ3) is 3.53. The summed E-state index contributed by atoms with van der Waals surface area (Å²) in [4.78, 5) is 18.3. The van der Waals surface area contributed by atoms with Crippen LogP contribution in [0.1, 0.15) is 43.9 Å². The third-order valence-electron chi connectivity index (χ3n) is 3.23. The van der Waals surface area contributed by atoms with Crippen LogP contribution in [0, 0.1) is 6.92 Å². The van der Waals surface area contributed by atoms with Crippen LogP contribution in [0.2, 0.25) is 0 Å². The Morgan fingerprint density at radius 2 is 2.22 bits per heavy atom. The number of nitrogens with one attached hydrogen (secondary N) is 2. The van der Waals surface area contributed by atoms with Crippen molar-refractivity contribution in [2.45, 2.75) is 39.2 Å². The van der Waals surface area contributed by atoms with E-state index in [-0.39, 0.29) is 11.9 Å². The minimum atomic E-state index is -0.138. The molecule has 0 saturated carbocycles. The fourth-order valence-corrected chi connectivity index (χ4v) is 2.20. The monoisotopic (exact) mass is 251 g/mol. The first kappa shape index (κ1) is 13.0. The summed E-state index contributed by atoms with van der Waals surface area (Å²) < 4.78 is 0. The molecular formula is C12H21N5O. The molecule has 1 saturated heterocycles. The number of hydrogen-bond acceptors (Lipinski definition) is 4. The van der Waals surface area contributed by atoms with Gasteiger partial charge in [-0.2, -0.15) is 5.10 Å². The molecule has 1 aliphatic rings. The maximum Gasteiger partial charge on any atom is 0.221 e. The van der Waals surface area contributed by atoms with Crippen molar-refractivity contribution in [3.63, 3.8) is 0 Å². The van der Waals surface area contributed by atoms with Gasteiger partial charge in [0.25, 0.3) is 0 Å². The van der Waals surface area contributed by atoms with Crippen LogP contribution in [0.3, 0.4) is 0 Å². The average Bonchev–Trinajstić information content (AvgIpc) is 2.97. The number of rotatable bonds is 5. The van der Waals surface area contributed by atoms with E-state index in [4.69, 9.17) is 0 Å². The summed E-state index contributed by atoms with van der Waals surface area (Å²) in [6, 6.07) is -0.138. The first-order valence-electron chi connectivity index (χ1n) is 6.56. The van der Waals surface area contributed by atoms with Crippen LogP contribution in [0.4, 0.5) is 0 Å². The minimum absolute atomic E-state index is 0.0665. The quantitative estimate of drug-likeness (QED) is 0.811. The van der Waals surface area contributed by atoms with Gasteiger partial charge in [0.1, 0.15) is 5.82 Å². The molecule has 1 aliphatic heterocycles. The zero-order valence-corrected chi connectivity index (χ0v) is 11.1.